The molecule has 1 fully saturated rings. The summed E-state index contributed by atoms with van der Waals surface area (Å²) in [7, 11) is 0. The number of carboxylic acids is 1. The van der Waals surface area contributed by atoms with Gasteiger partial charge in [-0.15, -0.1) is 0 Å². The molecule has 2 aromatic rings. The number of amides is 2. The molecule has 2 aliphatic rings. The van der Waals surface area contributed by atoms with Crippen molar-refractivity contribution in [1.29, 1.82) is 0 Å². The van der Waals surface area contributed by atoms with E-state index in [9.17, 15) is 19.5 Å². The number of carboxylic acid groups (broad SMARTS) is 1. The molecule has 0 bridgehead atoms. The summed E-state index contributed by atoms with van der Waals surface area (Å²) >= 11 is 0. The molecule has 2 aliphatic carbocycles. The van der Waals surface area contributed by atoms with Crippen molar-refractivity contribution in [2.24, 2.45) is 5.92 Å². The van der Waals surface area contributed by atoms with Crippen LogP contribution in [0, 0.1) is 5.92 Å². The minimum Gasteiger partial charge on any atom is -0.481 e. The van der Waals surface area contributed by atoms with Gasteiger partial charge in [0, 0.05) is 12.5 Å². The first kappa shape index (κ1) is 23.8. The van der Waals surface area contributed by atoms with Crippen LogP contribution in [0.2, 0.25) is 0 Å². The molecule has 1 saturated carbocycles. The molecule has 0 heterocycles. The lowest BCUT2D eigenvalue weighted by molar-refractivity contribution is -0.142. The van der Waals surface area contributed by atoms with Gasteiger partial charge in [-0.1, -0.05) is 61.4 Å². The second kappa shape index (κ2) is 9.85. The molecule has 2 amide bonds. The molecule has 0 saturated heterocycles. The molecule has 8 nitrogen and oxygen atoms in total. The minimum absolute atomic E-state index is 0.0834. The zero-order valence-corrected chi connectivity index (χ0v) is 19.1. The van der Waals surface area contributed by atoms with E-state index >= 15 is 0 Å². The Balaban J connectivity index is 1.36. The molecule has 0 spiro atoms. The third kappa shape index (κ3) is 5.75. The minimum atomic E-state index is -1.59. The van der Waals surface area contributed by atoms with E-state index in [2.05, 4.69) is 22.8 Å². The molecule has 4 N–H and O–H groups in total. The molecule has 180 valence electrons. The van der Waals surface area contributed by atoms with E-state index in [1.165, 1.54) is 6.92 Å². The average molecular weight is 467 g/mol. The van der Waals surface area contributed by atoms with Crippen molar-refractivity contribution >= 4 is 18.0 Å². The van der Waals surface area contributed by atoms with Crippen LogP contribution in [-0.2, 0) is 14.3 Å². The SMILES string of the molecule is CC(O)(CNC(=O)[C@H](CC1CC1)NC(=O)OCC1c2ccccc2-c2ccccc21)CC(=O)O. The smallest absolute Gasteiger partial charge is 0.407 e. The largest absolute Gasteiger partial charge is 0.481 e. The standard InChI is InChI=1S/C26H30N2O6/c1-26(33,13-23(29)30)15-27-24(31)22(12-16-10-11-16)28-25(32)34-14-21-19-8-4-2-6-17(19)18-7-3-5-9-20(18)21/h2-9,16,21-22,33H,10-15H2,1H3,(H,27,31)(H,28,32)(H,29,30)/t22-,26?/m0/s1. The molecule has 0 aromatic heterocycles. The van der Waals surface area contributed by atoms with Crippen molar-refractivity contribution in [2.45, 2.75) is 50.2 Å². The van der Waals surface area contributed by atoms with Gasteiger partial charge >= 0.3 is 12.1 Å². The van der Waals surface area contributed by atoms with E-state index in [4.69, 9.17) is 9.84 Å². The molecule has 0 aliphatic heterocycles. The second-order valence-electron chi connectivity index (χ2n) is 9.49. The fourth-order valence-electron chi connectivity index (χ4n) is 4.49. The lowest BCUT2D eigenvalue weighted by Crippen LogP contribution is -2.51. The van der Waals surface area contributed by atoms with Crippen molar-refractivity contribution in [1.82, 2.24) is 10.6 Å². The van der Waals surface area contributed by atoms with Gasteiger partial charge in [0.15, 0.2) is 0 Å². The van der Waals surface area contributed by atoms with Crippen molar-refractivity contribution in [3.05, 3.63) is 59.7 Å². The zero-order valence-electron chi connectivity index (χ0n) is 19.1. The summed E-state index contributed by atoms with van der Waals surface area (Å²) in [6.45, 7) is 1.26. The van der Waals surface area contributed by atoms with E-state index in [0.717, 1.165) is 35.1 Å². The number of hydrogen-bond donors (Lipinski definition) is 4. The third-order valence-electron chi connectivity index (χ3n) is 6.39. The summed E-state index contributed by atoms with van der Waals surface area (Å²) in [6, 6.07) is 15.3. The predicted octanol–water partition coefficient (Wildman–Crippen LogP) is 3.04. The molecular weight excluding hydrogens is 436 g/mol. The number of nitrogens with one attached hydrogen (secondary N) is 2. The van der Waals surface area contributed by atoms with Crippen molar-refractivity contribution < 1.29 is 29.3 Å². The lowest BCUT2D eigenvalue weighted by atomic mass is 9.98. The summed E-state index contributed by atoms with van der Waals surface area (Å²) in [6.07, 6.45) is 1.28. The Morgan fingerprint density at radius 3 is 2.21 bits per heavy atom. The highest BCUT2D eigenvalue weighted by Crippen LogP contribution is 2.44. The van der Waals surface area contributed by atoms with Crippen molar-refractivity contribution in [3.8, 4) is 11.1 Å². The summed E-state index contributed by atoms with van der Waals surface area (Å²) < 4.78 is 5.56. The van der Waals surface area contributed by atoms with Crippen LogP contribution < -0.4 is 10.6 Å². The van der Waals surface area contributed by atoms with E-state index in [0.29, 0.717) is 12.3 Å². The molecule has 34 heavy (non-hydrogen) atoms. The van der Waals surface area contributed by atoms with E-state index in [1.807, 2.05) is 36.4 Å². The maximum absolute atomic E-state index is 12.7. The van der Waals surface area contributed by atoms with E-state index in [1.54, 1.807) is 0 Å². The Kier molecular flexibility index (Phi) is 6.88. The quantitative estimate of drug-likeness (QED) is 0.427. The number of hydrogen-bond acceptors (Lipinski definition) is 5. The first-order chi connectivity index (χ1) is 16.2. The number of benzene rings is 2. The molecule has 4 rings (SSSR count). The van der Waals surface area contributed by atoms with Gasteiger partial charge < -0.3 is 25.6 Å². The van der Waals surface area contributed by atoms with Gasteiger partial charge in [0.2, 0.25) is 5.91 Å². The molecule has 2 atom stereocenters. The number of aliphatic carboxylic acids is 1. The Morgan fingerprint density at radius 2 is 1.65 bits per heavy atom. The van der Waals surface area contributed by atoms with Crippen LogP contribution in [0.5, 0.6) is 0 Å². The maximum Gasteiger partial charge on any atom is 0.407 e. The summed E-state index contributed by atoms with van der Waals surface area (Å²) in [4.78, 5) is 36.3. The van der Waals surface area contributed by atoms with Crippen molar-refractivity contribution in [3.63, 3.8) is 0 Å². The monoisotopic (exact) mass is 466 g/mol. The second-order valence-corrected chi connectivity index (χ2v) is 9.49. The topological polar surface area (TPSA) is 125 Å². The highest BCUT2D eigenvalue weighted by Gasteiger charge is 2.33. The lowest BCUT2D eigenvalue weighted by Gasteiger charge is -2.24. The third-order valence-corrected chi connectivity index (χ3v) is 6.39. The summed E-state index contributed by atoms with van der Waals surface area (Å²) in [5, 5.41) is 24.3. The van der Waals surface area contributed by atoms with Crippen LogP contribution in [0.4, 0.5) is 4.79 Å². The van der Waals surface area contributed by atoms with Crippen LogP contribution in [0.1, 0.15) is 49.7 Å². The van der Waals surface area contributed by atoms with Gasteiger partial charge in [-0.2, -0.15) is 0 Å². The molecule has 2 aromatic carbocycles. The van der Waals surface area contributed by atoms with Gasteiger partial charge in [0.05, 0.1) is 12.0 Å². The number of carbonyl (C=O) groups is 3. The molecular formula is C26H30N2O6. The Morgan fingerprint density at radius 1 is 1.06 bits per heavy atom. The van der Waals surface area contributed by atoms with Crippen molar-refractivity contribution in [2.75, 3.05) is 13.2 Å². The van der Waals surface area contributed by atoms with E-state index in [-0.39, 0.29) is 19.1 Å². The number of rotatable bonds is 10. The Bertz CT molecular complexity index is 1030. The molecule has 0 radical (unpaired) electrons. The van der Waals surface area contributed by atoms with Gasteiger partial charge in [0.1, 0.15) is 12.6 Å². The Hall–Kier alpha value is -3.39. The fourth-order valence-corrected chi connectivity index (χ4v) is 4.49. The normalized spacial score (nSPS) is 17.1. The number of fused-ring (bicyclic) bond motifs is 3. The number of ether oxygens (including phenoxy) is 1. The first-order valence-electron chi connectivity index (χ1n) is 11.6. The highest BCUT2D eigenvalue weighted by molar-refractivity contribution is 5.86. The van der Waals surface area contributed by atoms with Crippen LogP contribution in [0.15, 0.2) is 48.5 Å². The Labute approximate surface area is 198 Å². The molecule has 1 unspecified atom stereocenters. The predicted molar refractivity (Wildman–Crippen MR) is 125 cm³/mol. The molecule has 8 heteroatoms. The highest BCUT2D eigenvalue weighted by atomic mass is 16.5. The van der Waals surface area contributed by atoms with Gasteiger partial charge in [0.25, 0.3) is 0 Å². The zero-order chi connectivity index (χ0) is 24.3. The fraction of sp³-hybridized carbons (Fsp3) is 0.423. The number of alkyl carbamates (subject to hydrolysis) is 1. The number of carbonyl (C=O) groups excluding carboxylic acids is 2. The van der Waals surface area contributed by atoms with E-state index < -0.39 is 36.0 Å². The van der Waals surface area contributed by atoms with Gasteiger partial charge in [-0.3, -0.25) is 9.59 Å². The van der Waals surface area contributed by atoms with Crippen LogP contribution in [-0.4, -0.2) is 53.0 Å². The van der Waals surface area contributed by atoms with Crippen LogP contribution in [0.25, 0.3) is 11.1 Å². The summed E-state index contributed by atoms with van der Waals surface area (Å²) in [5.74, 6) is -1.36. The van der Waals surface area contributed by atoms with Crippen LogP contribution in [0.3, 0.4) is 0 Å². The number of aliphatic hydroxyl groups is 1. The van der Waals surface area contributed by atoms with Gasteiger partial charge in [-0.25, -0.2) is 4.79 Å². The first-order valence-corrected chi connectivity index (χ1v) is 11.6. The van der Waals surface area contributed by atoms with Gasteiger partial charge in [-0.05, 0) is 41.5 Å². The van der Waals surface area contributed by atoms with Crippen LogP contribution >= 0.6 is 0 Å². The summed E-state index contributed by atoms with van der Waals surface area (Å²) in [5.41, 5.74) is 2.88. The maximum atomic E-state index is 12.7. The average Bonchev–Trinajstić information content (AvgIpc) is 3.55.